The van der Waals surface area contributed by atoms with Crippen LogP contribution in [0.1, 0.15) is 51.1 Å². The minimum atomic E-state index is -0.149. The smallest absolute Gasteiger partial charge is 0.323 e. The first-order valence-corrected chi connectivity index (χ1v) is 7.71. The number of carbonyl (C=O) groups excluding carboxylic acids is 1. The van der Waals surface area contributed by atoms with Crippen molar-refractivity contribution in [1.29, 1.82) is 0 Å². The van der Waals surface area contributed by atoms with Crippen molar-refractivity contribution in [2.45, 2.75) is 63.8 Å². The maximum Gasteiger partial charge on any atom is 0.323 e. The largest absolute Gasteiger partial charge is 0.460 e. The van der Waals surface area contributed by atoms with Crippen molar-refractivity contribution >= 4 is 5.97 Å². The number of nitrogens with zero attached hydrogens (tertiary/aromatic N) is 1. The third kappa shape index (κ3) is 2.35. The molecule has 1 aromatic carbocycles. The van der Waals surface area contributed by atoms with Crippen LogP contribution in [0.2, 0.25) is 0 Å². The molecule has 1 saturated carbocycles. The summed E-state index contributed by atoms with van der Waals surface area (Å²) in [6.45, 7) is 4.18. The number of fused-ring (bicyclic) bond motifs is 1. The van der Waals surface area contributed by atoms with Gasteiger partial charge in [0.15, 0.2) is 0 Å². The lowest BCUT2D eigenvalue weighted by molar-refractivity contribution is -0.180. The Hall–Kier alpha value is -1.35. The van der Waals surface area contributed by atoms with Gasteiger partial charge in [0, 0.05) is 12.1 Å². The Labute approximate surface area is 120 Å². The standard InChI is InChI=1S/C17H23NO2/c1-12(14-8-4-3-5-9-14)18-13(2)17(19)20-16-11-7-6-10-15(16)18/h3-5,8-9,12-13,15-16H,6-7,10-11H2,1-2H3/t12?,13-,15?,16-/m1/s1. The van der Waals surface area contributed by atoms with Crippen molar-refractivity contribution < 1.29 is 9.53 Å². The second-order valence-electron chi connectivity index (χ2n) is 6.04. The van der Waals surface area contributed by atoms with E-state index >= 15 is 0 Å². The Morgan fingerprint density at radius 2 is 1.90 bits per heavy atom. The topological polar surface area (TPSA) is 29.5 Å². The maximum absolute atomic E-state index is 12.1. The third-order valence-corrected chi connectivity index (χ3v) is 4.84. The molecule has 2 fully saturated rings. The molecule has 20 heavy (non-hydrogen) atoms. The Kier molecular flexibility index (Phi) is 3.79. The Bertz CT molecular complexity index is 473. The first-order valence-electron chi connectivity index (χ1n) is 7.71. The SMILES string of the molecule is CC(c1ccccc1)N1C2CCCC[C@H]2OC(=O)[C@H]1C. The number of rotatable bonds is 2. The molecule has 3 rings (SSSR count). The molecule has 1 saturated heterocycles. The predicted molar refractivity (Wildman–Crippen MR) is 78.3 cm³/mol. The molecule has 0 aromatic heterocycles. The number of benzene rings is 1. The van der Waals surface area contributed by atoms with Crippen molar-refractivity contribution in [3.8, 4) is 0 Å². The molecule has 1 aromatic rings. The van der Waals surface area contributed by atoms with Crippen LogP contribution in [-0.2, 0) is 9.53 Å². The third-order valence-electron chi connectivity index (χ3n) is 4.84. The fraction of sp³-hybridized carbons (Fsp3) is 0.588. The fourth-order valence-electron chi connectivity index (χ4n) is 3.74. The molecule has 108 valence electrons. The highest BCUT2D eigenvalue weighted by atomic mass is 16.5. The molecular formula is C17H23NO2. The highest BCUT2D eigenvalue weighted by molar-refractivity contribution is 5.76. The quantitative estimate of drug-likeness (QED) is 0.774. The highest BCUT2D eigenvalue weighted by Gasteiger charge is 2.44. The number of ether oxygens (including phenoxy) is 1. The lowest BCUT2D eigenvalue weighted by atomic mass is 9.87. The van der Waals surface area contributed by atoms with Gasteiger partial charge in [0.05, 0.1) is 0 Å². The molecule has 2 aliphatic rings. The first kappa shape index (κ1) is 13.6. The molecule has 0 spiro atoms. The van der Waals surface area contributed by atoms with E-state index in [9.17, 15) is 4.79 Å². The Balaban J connectivity index is 1.89. The van der Waals surface area contributed by atoms with Gasteiger partial charge in [-0.2, -0.15) is 0 Å². The summed E-state index contributed by atoms with van der Waals surface area (Å²) >= 11 is 0. The normalized spacial score (nSPS) is 32.3. The molecule has 2 unspecified atom stereocenters. The molecule has 0 N–H and O–H groups in total. The number of carbonyl (C=O) groups is 1. The van der Waals surface area contributed by atoms with Crippen LogP contribution in [0.25, 0.3) is 0 Å². The number of esters is 1. The molecular weight excluding hydrogens is 250 g/mol. The summed E-state index contributed by atoms with van der Waals surface area (Å²) in [4.78, 5) is 14.5. The fourth-order valence-corrected chi connectivity index (χ4v) is 3.74. The zero-order valence-electron chi connectivity index (χ0n) is 12.3. The van der Waals surface area contributed by atoms with E-state index in [0.717, 1.165) is 12.8 Å². The summed E-state index contributed by atoms with van der Waals surface area (Å²) in [7, 11) is 0. The minimum absolute atomic E-state index is 0.0593. The maximum atomic E-state index is 12.1. The van der Waals surface area contributed by atoms with Crippen LogP contribution in [0.3, 0.4) is 0 Å². The lowest BCUT2D eigenvalue weighted by Crippen LogP contribution is -2.59. The van der Waals surface area contributed by atoms with E-state index in [1.165, 1.54) is 18.4 Å². The van der Waals surface area contributed by atoms with Gasteiger partial charge in [0.25, 0.3) is 0 Å². The van der Waals surface area contributed by atoms with E-state index in [0.29, 0.717) is 6.04 Å². The van der Waals surface area contributed by atoms with E-state index in [4.69, 9.17) is 4.74 Å². The molecule has 4 atom stereocenters. The predicted octanol–water partition coefficient (Wildman–Crippen LogP) is 3.31. The van der Waals surface area contributed by atoms with Gasteiger partial charge >= 0.3 is 5.97 Å². The van der Waals surface area contributed by atoms with Crippen molar-refractivity contribution in [2.75, 3.05) is 0 Å². The summed E-state index contributed by atoms with van der Waals surface area (Å²) in [5, 5.41) is 0. The summed E-state index contributed by atoms with van der Waals surface area (Å²) < 4.78 is 5.64. The average molecular weight is 273 g/mol. The van der Waals surface area contributed by atoms with E-state index in [1.807, 2.05) is 13.0 Å². The summed E-state index contributed by atoms with van der Waals surface area (Å²) in [5.41, 5.74) is 1.28. The van der Waals surface area contributed by atoms with Crippen molar-refractivity contribution in [3.05, 3.63) is 35.9 Å². The van der Waals surface area contributed by atoms with Crippen LogP contribution in [0, 0.1) is 0 Å². The zero-order chi connectivity index (χ0) is 14.1. The Morgan fingerprint density at radius 3 is 2.65 bits per heavy atom. The Morgan fingerprint density at radius 1 is 1.20 bits per heavy atom. The summed E-state index contributed by atoms with van der Waals surface area (Å²) in [6, 6.07) is 11.0. The molecule has 3 heteroatoms. The van der Waals surface area contributed by atoms with Gasteiger partial charge in [0.1, 0.15) is 12.1 Å². The van der Waals surface area contributed by atoms with Crippen molar-refractivity contribution in [1.82, 2.24) is 4.90 Å². The van der Waals surface area contributed by atoms with Gasteiger partial charge in [-0.1, -0.05) is 36.8 Å². The second kappa shape index (κ2) is 5.57. The van der Waals surface area contributed by atoms with Crippen LogP contribution >= 0.6 is 0 Å². The molecule has 0 radical (unpaired) electrons. The lowest BCUT2D eigenvalue weighted by Gasteiger charge is -2.48. The van der Waals surface area contributed by atoms with Crippen LogP contribution in [0.15, 0.2) is 30.3 Å². The first-order chi connectivity index (χ1) is 9.68. The van der Waals surface area contributed by atoms with Crippen LogP contribution < -0.4 is 0 Å². The molecule has 3 nitrogen and oxygen atoms in total. The zero-order valence-corrected chi connectivity index (χ0v) is 12.3. The number of hydrogen-bond acceptors (Lipinski definition) is 3. The van der Waals surface area contributed by atoms with Gasteiger partial charge in [-0.05, 0) is 38.7 Å². The van der Waals surface area contributed by atoms with E-state index in [2.05, 4.69) is 36.1 Å². The van der Waals surface area contributed by atoms with E-state index in [1.54, 1.807) is 0 Å². The molecule has 0 bridgehead atoms. The van der Waals surface area contributed by atoms with Crippen LogP contribution in [0.5, 0.6) is 0 Å². The van der Waals surface area contributed by atoms with Gasteiger partial charge in [-0.3, -0.25) is 9.69 Å². The summed E-state index contributed by atoms with van der Waals surface area (Å²) in [6.07, 6.45) is 4.67. The van der Waals surface area contributed by atoms with E-state index < -0.39 is 0 Å². The summed E-state index contributed by atoms with van der Waals surface area (Å²) in [5.74, 6) is -0.0593. The second-order valence-corrected chi connectivity index (χ2v) is 6.04. The number of morpholine rings is 1. The van der Waals surface area contributed by atoms with Gasteiger partial charge in [-0.25, -0.2) is 0 Å². The minimum Gasteiger partial charge on any atom is -0.460 e. The van der Waals surface area contributed by atoms with E-state index in [-0.39, 0.29) is 24.2 Å². The van der Waals surface area contributed by atoms with Crippen LogP contribution in [-0.4, -0.2) is 29.1 Å². The van der Waals surface area contributed by atoms with Crippen LogP contribution in [0.4, 0.5) is 0 Å². The number of hydrogen-bond donors (Lipinski definition) is 0. The molecule has 1 heterocycles. The van der Waals surface area contributed by atoms with Gasteiger partial charge in [0.2, 0.25) is 0 Å². The van der Waals surface area contributed by atoms with Crippen molar-refractivity contribution in [2.24, 2.45) is 0 Å². The molecule has 1 aliphatic heterocycles. The van der Waals surface area contributed by atoms with Crippen molar-refractivity contribution in [3.63, 3.8) is 0 Å². The highest BCUT2D eigenvalue weighted by Crippen LogP contribution is 2.36. The average Bonchev–Trinajstić information content (AvgIpc) is 2.49. The monoisotopic (exact) mass is 273 g/mol. The molecule has 0 amide bonds. The molecule has 1 aliphatic carbocycles. The van der Waals surface area contributed by atoms with Gasteiger partial charge in [-0.15, -0.1) is 0 Å². The van der Waals surface area contributed by atoms with Gasteiger partial charge < -0.3 is 4.74 Å².